The first kappa shape index (κ1) is 18.7. The molecule has 0 unspecified atom stereocenters. The van der Waals surface area contributed by atoms with E-state index in [1.54, 1.807) is 18.0 Å². The summed E-state index contributed by atoms with van der Waals surface area (Å²) in [6.45, 7) is 2.25. The number of fused-ring (bicyclic) bond motifs is 1. The summed E-state index contributed by atoms with van der Waals surface area (Å²) in [7, 11) is 3.65. The standard InChI is InChI=1S/C21H25N5O2/c1-25-13-17(12-23-25)15-3-4-16-11-22-21(24-20(16)9-15)10-18(27)14-26-7-5-19(28-2)6-8-26/h3-4,9,11-13,19H,5-8,10,14H2,1-2H3. The minimum absolute atomic E-state index is 0.152. The Labute approximate surface area is 164 Å². The van der Waals surface area contributed by atoms with E-state index in [9.17, 15) is 4.79 Å². The first-order chi connectivity index (χ1) is 13.6. The van der Waals surface area contributed by atoms with Crippen molar-refractivity contribution in [1.82, 2.24) is 24.6 Å². The number of carbonyl (C=O) groups is 1. The third-order valence-electron chi connectivity index (χ3n) is 5.29. The third kappa shape index (κ3) is 4.26. The van der Waals surface area contributed by atoms with Crippen molar-refractivity contribution in [3.63, 3.8) is 0 Å². The third-order valence-corrected chi connectivity index (χ3v) is 5.29. The van der Waals surface area contributed by atoms with Gasteiger partial charge in [-0.15, -0.1) is 0 Å². The van der Waals surface area contributed by atoms with Crippen molar-refractivity contribution in [2.75, 3.05) is 26.7 Å². The number of piperidine rings is 1. The molecule has 4 rings (SSSR count). The minimum Gasteiger partial charge on any atom is -0.381 e. The average molecular weight is 379 g/mol. The minimum atomic E-state index is 0.152. The maximum Gasteiger partial charge on any atom is 0.154 e. The van der Waals surface area contributed by atoms with Crippen LogP contribution in [-0.4, -0.2) is 63.3 Å². The zero-order valence-corrected chi connectivity index (χ0v) is 16.3. The van der Waals surface area contributed by atoms with E-state index in [1.807, 2.05) is 37.6 Å². The molecule has 0 N–H and O–H groups in total. The summed E-state index contributed by atoms with van der Waals surface area (Å²) >= 11 is 0. The van der Waals surface area contributed by atoms with Gasteiger partial charge < -0.3 is 4.74 Å². The van der Waals surface area contributed by atoms with Crippen LogP contribution in [-0.2, 0) is 23.0 Å². The molecule has 1 fully saturated rings. The zero-order valence-electron chi connectivity index (χ0n) is 16.3. The van der Waals surface area contributed by atoms with E-state index in [0.717, 1.165) is 48.0 Å². The molecule has 3 heterocycles. The van der Waals surface area contributed by atoms with Gasteiger partial charge in [0.15, 0.2) is 5.78 Å². The highest BCUT2D eigenvalue weighted by Crippen LogP contribution is 2.23. The van der Waals surface area contributed by atoms with Gasteiger partial charge in [-0.3, -0.25) is 14.4 Å². The number of benzene rings is 1. The van der Waals surface area contributed by atoms with Crippen molar-refractivity contribution < 1.29 is 9.53 Å². The molecule has 3 aromatic rings. The van der Waals surface area contributed by atoms with Crippen molar-refractivity contribution in [3.05, 3.63) is 42.6 Å². The molecule has 28 heavy (non-hydrogen) atoms. The molecule has 0 atom stereocenters. The maximum absolute atomic E-state index is 12.5. The fourth-order valence-electron chi connectivity index (χ4n) is 3.68. The number of Topliss-reactive ketones (excluding diaryl/α,β-unsaturated/α-hetero) is 1. The average Bonchev–Trinajstić information content (AvgIpc) is 3.14. The highest BCUT2D eigenvalue weighted by molar-refractivity contribution is 5.85. The Hall–Kier alpha value is -2.64. The Morgan fingerprint density at radius 3 is 2.75 bits per heavy atom. The second-order valence-corrected chi connectivity index (χ2v) is 7.39. The summed E-state index contributed by atoms with van der Waals surface area (Å²) in [5.41, 5.74) is 2.94. The summed E-state index contributed by atoms with van der Waals surface area (Å²) in [6.07, 6.45) is 8.14. The molecule has 7 heteroatoms. The van der Waals surface area contributed by atoms with E-state index < -0.39 is 0 Å². The normalized spacial score (nSPS) is 15.9. The van der Waals surface area contributed by atoms with Crippen LogP contribution in [0.2, 0.25) is 0 Å². The van der Waals surface area contributed by atoms with Crippen LogP contribution in [0.1, 0.15) is 18.7 Å². The fraction of sp³-hybridized carbons (Fsp3) is 0.429. The van der Waals surface area contributed by atoms with Gasteiger partial charge in [0.1, 0.15) is 5.82 Å². The Balaban J connectivity index is 1.44. The van der Waals surface area contributed by atoms with Crippen LogP contribution in [0, 0.1) is 0 Å². The number of ketones is 1. The largest absolute Gasteiger partial charge is 0.381 e. The predicted molar refractivity (Wildman–Crippen MR) is 107 cm³/mol. The lowest BCUT2D eigenvalue weighted by Crippen LogP contribution is -2.40. The molecular formula is C21H25N5O2. The molecule has 7 nitrogen and oxygen atoms in total. The molecule has 1 saturated heterocycles. The Morgan fingerprint density at radius 2 is 2.04 bits per heavy atom. The number of hydrogen-bond acceptors (Lipinski definition) is 6. The summed E-state index contributed by atoms with van der Waals surface area (Å²) in [5, 5.41) is 5.19. The molecule has 0 aliphatic carbocycles. The topological polar surface area (TPSA) is 73.1 Å². The van der Waals surface area contributed by atoms with Gasteiger partial charge in [0, 0.05) is 50.6 Å². The van der Waals surface area contributed by atoms with Crippen molar-refractivity contribution in [1.29, 1.82) is 0 Å². The summed E-state index contributed by atoms with van der Waals surface area (Å²) < 4.78 is 7.16. The highest BCUT2D eigenvalue weighted by Gasteiger charge is 2.20. The molecule has 0 saturated carbocycles. The maximum atomic E-state index is 12.5. The molecule has 0 radical (unpaired) electrons. The van der Waals surface area contributed by atoms with E-state index in [4.69, 9.17) is 4.74 Å². The monoisotopic (exact) mass is 379 g/mol. The van der Waals surface area contributed by atoms with Gasteiger partial charge in [0.05, 0.1) is 30.8 Å². The van der Waals surface area contributed by atoms with Gasteiger partial charge in [-0.2, -0.15) is 5.10 Å². The van der Waals surface area contributed by atoms with E-state index in [2.05, 4.69) is 20.0 Å². The van der Waals surface area contributed by atoms with Gasteiger partial charge in [0.25, 0.3) is 0 Å². The number of nitrogens with zero attached hydrogens (tertiary/aromatic N) is 5. The summed E-state index contributed by atoms with van der Waals surface area (Å²) in [5.74, 6) is 0.728. The molecule has 1 aliphatic heterocycles. The number of carbonyl (C=O) groups excluding carboxylic acids is 1. The van der Waals surface area contributed by atoms with E-state index in [1.165, 1.54) is 0 Å². The lowest BCUT2D eigenvalue weighted by Gasteiger charge is -2.30. The van der Waals surface area contributed by atoms with Crippen molar-refractivity contribution in [3.8, 4) is 11.1 Å². The Morgan fingerprint density at radius 1 is 1.21 bits per heavy atom. The van der Waals surface area contributed by atoms with Crippen LogP contribution in [0.15, 0.2) is 36.8 Å². The van der Waals surface area contributed by atoms with E-state index in [-0.39, 0.29) is 12.2 Å². The molecule has 146 valence electrons. The van der Waals surface area contributed by atoms with E-state index in [0.29, 0.717) is 18.5 Å². The zero-order chi connectivity index (χ0) is 19.5. The molecule has 0 spiro atoms. The second kappa shape index (κ2) is 8.16. The van der Waals surface area contributed by atoms with Crippen molar-refractivity contribution >= 4 is 16.7 Å². The highest BCUT2D eigenvalue weighted by atomic mass is 16.5. The fourth-order valence-corrected chi connectivity index (χ4v) is 3.68. The summed E-state index contributed by atoms with van der Waals surface area (Å²) in [4.78, 5) is 23.7. The van der Waals surface area contributed by atoms with E-state index >= 15 is 0 Å². The number of aryl methyl sites for hydroxylation is 1. The molecule has 2 aromatic heterocycles. The number of ether oxygens (including phenoxy) is 1. The van der Waals surface area contributed by atoms with Gasteiger partial charge >= 0.3 is 0 Å². The Kier molecular flexibility index (Phi) is 5.45. The van der Waals surface area contributed by atoms with Crippen LogP contribution < -0.4 is 0 Å². The molecule has 0 bridgehead atoms. The number of hydrogen-bond donors (Lipinski definition) is 0. The van der Waals surface area contributed by atoms with Gasteiger partial charge in [-0.05, 0) is 24.5 Å². The number of rotatable bonds is 6. The first-order valence-corrected chi connectivity index (χ1v) is 9.62. The van der Waals surface area contributed by atoms with Gasteiger partial charge in [-0.1, -0.05) is 12.1 Å². The van der Waals surface area contributed by atoms with Crippen molar-refractivity contribution in [2.45, 2.75) is 25.4 Å². The smallest absolute Gasteiger partial charge is 0.154 e. The number of aromatic nitrogens is 4. The lowest BCUT2D eigenvalue weighted by molar-refractivity contribution is -0.120. The van der Waals surface area contributed by atoms with Crippen LogP contribution >= 0.6 is 0 Å². The Bertz CT molecular complexity index is 976. The first-order valence-electron chi connectivity index (χ1n) is 9.62. The SMILES string of the molecule is COC1CCN(CC(=O)Cc2ncc3ccc(-c4cnn(C)c4)cc3n2)CC1. The van der Waals surface area contributed by atoms with Crippen LogP contribution in [0.25, 0.3) is 22.0 Å². The summed E-state index contributed by atoms with van der Waals surface area (Å²) in [6, 6.07) is 6.07. The second-order valence-electron chi connectivity index (χ2n) is 7.39. The van der Waals surface area contributed by atoms with Gasteiger partial charge in [-0.25, -0.2) is 9.97 Å². The molecule has 1 aliphatic rings. The number of likely N-dealkylation sites (tertiary alicyclic amines) is 1. The number of methoxy groups -OCH3 is 1. The quantitative estimate of drug-likeness (QED) is 0.654. The van der Waals surface area contributed by atoms with Crippen molar-refractivity contribution in [2.24, 2.45) is 7.05 Å². The lowest BCUT2D eigenvalue weighted by atomic mass is 10.1. The molecule has 0 amide bonds. The van der Waals surface area contributed by atoms with Crippen LogP contribution in [0.3, 0.4) is 0 Å². The molecular weight excluding hydrogens is 354 g/mol. The van der Waals surface area contributed by atoms with Crippen LogP contribution in [0.5, 0.6) is 0 Å². The molecule has 1 aromatic carbocycles. The predicted octanol–water partition coefficient (Wildman–Crippen LogP) is 2.25. The van der Waals surface area contributed by atoms with Crippen LogP contribution in [0.4, 0.5) is 0 Å². The van der Waals surface area contributed by atoms with Gasteiger partial charge in [0.2, 0.25) is 0 Å².